The Bertz CT molecular complexity index is 1310. The minimum Gasteiger partial charge on any atom is -0.277 e. The van der Waals surface area contributed by atoms with E-state index in [0.29, 0.717) is 32.3 Å². The van der Waals surface area contributed by atoms with Gasteiger partial charge in [-0.15, -0.1) is 0 Å². The molecule has 0 aliphatic rings. The van der Waals surface area contributed by atoms with E-state index in [1.54, 1.807) is 45.0 Å². The number of nitrogens with zero attached hydrogens (tertiary/aromatic N) is 2. The molecule has 0 aliphatic carbocycles. The predicted molar refractivity (Wildman–Crippen MR) is 110 cm³/mol. The number of aromatic nitrogens is 2. The Morgan fingerprint density at radius 1 is 0.630 bits per heavy atom. The fourth-order valence-corrected chi connectivity index (χ4v) is 3.45. The molecule has 0 N–H and O–H groups in total. The van der Waals surface area contributed by atoms with Gasteiger partial charge < -0.3 is 0 Å². The molecule has 6 nitrogen and oxygen atoms in total. The van der Waals surface area contributed by atoms with Gasteiger partial charge in [0.05, 0.1) is 21.5 Å². The Labute approximate surface area is 155 Å². The molecule has 6 heteroatoms. The van der Waals surface area contributed by atoms with E-state index in [1.165, 1.54) is 11.6 Å². The molecule has 4 aromatic rings. The summed E-state index contributed by atoms with van der Waals surface area (Å²) in [6.07, 6.45) is 0. The zero-order valence-electron chi connectivity index (χ0n) is 16.3. The molecule has 0 amide bonds. The largest absolute Gasteiger partial charge is 0.277 e. The molecule has 0 aliphatic heterocycles. The maximum absolute atomic E-state index is 12.7. The van der Waals surface area contributed by atoms with Crippen LogP contribution in [0.5, 0.6) is 0 Å². The molecule has 0 bridgehead atoms. The van der Waals surface area contributed by atoms with Crippen molar-refractivity contribution in [3.63, 3.8) is 0 Å². The van der Waals surface area contributed by atoms with Gasteiger partial charge in [0.25, 0.3) is 22.2 Å². The third kappa shape index (κ3) is 2.55. The monoisotopic (exact) mass is 366 g/mol. The molecule has 0 spiro atoms. The van der Waals surface area contributed by atoms with Crippen LogP contribution in [-0.2, 0) is 12.6 Å². The maximum atomic E-state index is 12.7. The van der Waals surface area contributed by atoms with Gasteiger partial charge in [0, 0.05) is 12.6 Å². The molecule has 0 atom stereocenters. The van der Waals surface area contributed by atoms with E-state index in [-0.39, 0.29) is 22.2 Å². The molecule has 27 heavy (non-hydrogen) atoms. The van der Waals surface area contributed by atoms with Crippen molar-refractivity contribution in [2.75, 3.05) is 0 Å². The molecule has 2 aromatic heterocycles. The molecule has 0 saturated carbocycles. The van der Waals surface area contributed by atoms with Crippen LogP contribution >= 0.6 is 0 Å². The molecule has 2 heterocycles. The Morgan fingerprint density at radius 3 is 1.22 bits per heavy atom. The van der Waals surface area contributed by atoms with Gasteiger partial charge in [-0.05, 0) is 55.8 Å². The molecular formula is C21H22N2O4. The summed E-state index contributed by atoms with van der Waals surface area (Å²) in [5.41, 5.74) is -2.03. The lowest BCUT2D eigenvalue weighted by atomic mass is 10.0. The third-order valence-electron chi connectivity index (χ3n) is 4.72. The van der Waals surface area contributed by atoms with Crippen LogP contribution in [0.2, 0.25) is 0 Å². The van der Waals surface area contributed by atoms with E-state index in [0.717, 1.165) is 4.57 Å². The van der Waals surface area contributed by atoms with Crippen molar-refractivity contribution < 1.29 is 0 Å². The van der Waals surface area contributed by atoms with Gasteiger partial charge in [0.2, 0.25) is 0 Å². The average Bonchev–Trinajstić information content (AvgIpc) is 2.99. The van der Waals surface area contributed by atoms with E-state index in [1.807, 2.05) is 13.8 Å². The van der Waals surface area contributed by atoms with Crippen LogP contribution < -0.4 is 22.2 Å². The van der Waals surface area contributed by atoms with Gasteiger partial charge in [0.1, 0.15) is 0 Å². The van der Waals surface area contributed by atoms with Crippen molar-refractivity contribution in [3.05, 3.63) is 65.7 Å². The van der Waals surface area contributed by atoms with E-state index in [2.05, 4.69) is 0 Å². The summed E-state index contributed by atoms with van der Waals surface area (Å²) >= 11 is 0. The summed E-state index contributed by atoms with van der Waals surface area (Å²) < 4.78 is 2.31. The highest BCUT2D eigenvalue weighted by Gasteiger charge is 2.23. The van der Waals surface area contributed by atoms with Gasteiger partial charge in [-0.25, -0.2) is 0 Å². The first kappa shape index (κ1) is 18.8. The van der Waals surface area contributed by atoms with Crippen LogP contribution in [0.4, 0.5) is 0 Å². The van der Waals surface area contributed by atoms with Crippen molar-refractivity contribution in [1.82, 2.24) is 9.13 Å². The van der Waals surface area contributed by atoms with Gasteiger partial charge in [-0.1, -0.05) is 13.8 Å². The second-order valence-electron chi connectivity index (χ2n) is 7.43. The van der Waals surface area contributed by atoms with Gasteiger partial charge in [0.15, 0.2) is 0 Å². The molecule has 2 aromatic carbocycles. The van der Waals surface area contributed by atoms with Crippen LogP contribution in [0.15, 0.2) is 43.4 Å². The predicted octanol–water partition coefficient (Wildman–Crippen LogP) is 2.38. The summed E-state index contributed by atoms with van der Waals surface area (Å²) in [6, 6.07) is 6.50. The highest BCUT2D eigenvalue weighted by molar-refractivity contribution is 6.04. The third-order valence-corrected chi connectivity index (χ3v) is 4.72. The van der Waals surface area contributed by atoms with Gasteiger partial charge >= 0.3 is 0 Å². The molecular weight excluding hydrogens is 344 g/mol. The molecule has 0 radical (unpaired) electrons. The van der Waals surface area contributed by atoms with Crippen molar-refractivity contribution in [2.24, 2.45) is 7.05 Å². The van der Waals surface area contributed by atoms with E-state index in [4.69, 9.17) is 0 Å². The summed E-state index contributed by atoms with van der Waals surface area (Å²) in [4.78, 5) is 49.7. The zero-order valence-corrected chi connectivity index (χ0v) is 16.3. The molecule has 0 unspecified atom stereocenters. The Morgan fingerprint density at radius 2 is 0.926 bits per heavy atom. The lowest BCUT2D eigenvalue weighted by Crippen LogP contribution is -2.38. The van der Waals surface area contributed by atoms with Crippen LogP contribution in [0.1, 0.15) is 34.6 Å². The maximum Gasteiger partial charge on any atom is 0.262 e. The lowest BCUT2D eigenvalue weighted by molar-refractivity contribution is 0.380. The smallest absolute Gasteiger partial charge is 0.262 e. The first-order valence-corrected chi connectivity index (χ1v) is 8.94. The molecule has 0 saturated heterocycles. The van der Waals surface area contributed by atoms with Crippen molar-refractivity contribution in [2.45, 2.75) is 40.2 Å². The fourth-order valence-electron chi connectivity index (χ4n) is 3.45. The van der Waals surface area contributed by atoms with E-state index in [9.17, 15) is 19.2 Å². The summed E-state index contributed by atoms with van der Waals surface area (Å²) in [5, 5.41) is 2.63. The van der Waals surface area contributed by atoms with Crippen molar-refractivity contribution in [1.29, 1.82) is 0 Å². The second kappa shape index (κ2) is 6.01. The average molecular weight is 366 g/mol. The summed E-state index contributed by atoms with van der Waals surface area (Å²) in [5.74, 6) is 0. The number of rotatable bonds is 0. The van der Waals surface area contributed by atoms with Gasteiger partial charge in [-0.3, -0.25) is 28.3 Å². The lowest BCUT2D eigenvalue weighted by Gasteiger charge is -2.18. The zero-order chi connectivity index (χ0) is 20.3. The van der Waals surface area contributed by atoms with Crippen LogP contribution in [0.25, 0.3) is 32.3 Å². The number of benzene rings is 2. The highest BCUT2D eigenvalue weighted by atomic mass is 16.2. The SMILES string of the molecule is CC.Cn1c(=O)c2cc3cc4c(=O)n(C(C)(C)C)c(=O)c4cc3cc2c1=O. The quantitative estimate of drug-likeness (QED) is 0.479. The molecule has 0 fully saturated rings. The van der Waals surface area contributed by atoms with Crippen molar-refractivity contribution in [3.8, 4) is 0 Å². The first-order valence-electron chi connectivity index (χ1n) is 8.94. The normalized spacial score (nSPS) is 11.9. The molecule has 4 rings (SSSR count). The topological polar surface area (TPSA) is 78.1 Å². The molecule has 140 valence electrons. The number of fused-ring (bicyclic) bond motifs is 3. The minimum absolute atomic E-state index is 0.324. The van der Waals surface area contributed by atoms with E-state index >= 15 is 0 Å². The summed E-state index contributed by atoms with van der Waals surface area (Å²) in [7, 11) is 1.43. The summed E-state index contributed by atoms with van der Waals surface area (Å²) in [6.45, 7) is 9.41. The van der Waals surface area contributed by atoms with Crippen LogP contribution in [0, 0.1) is 0 Å². The number of hydrogen-bond acceptors (Lipinski definition) is 4. The minimum atomic E-state index is -0.629. The Balaban J connectivity index is 0.00000102. The van der Waals surface area contributed by atoms with Crippen LogP contribution in [0.3, 0.4) is 0 Å². The Hall–Kier alpha value is -3.02. The standard InChI is InChI=1S/C19H16N2O4.C2H6/c1-19(2,3)21-17(24)13-7-9-5-11-12(16(23)20(4)15(11)22)6-10(9)8-14(13)18(21)25;1-2/h5-8H,1-4H3;1-2H3. The highest BCUT2D eigenvalue weighted by Crippen LogP contribution is 2.24. The number of hydrogen-bond donors (Lipinski definition) is 0. The van der Waals surface area contributed by atoms with Crippen molar-refractivity contribution >= 4 is 32.3 Å². The van der Waals surface area contributed by atoms with E-state index < -0.39 is 5.54 Å². The second-order valence-corrected chi connectivity index (χ2v) is 7.43. The fraction of sp³-hybridized carbons (Fsp3) is 0.333. The van der Waals surface area contributed by atoms with Crippen LogP contribution in [-0.4, -0.2) is 9.13 Å². The first-order chi connectivity index (χ1) is 12.6. The Kier molecular flexibility index (Phi) is 4.18. The van der Waals surface area contributed by atoms with Gasteiger partial charge in [-0.2, -0.15) is 0 Å².